The lowest BCUT2D eigenvalue weighted by Gasteiger charge is -2.23. The quantitative estimate of drug-likeness (QED) is 0.706. The summed E-state index contributed by atoms with van der Waals surface area (Å²) in [6.45, 7) is 2.69. The zero-order chi connectivity index (χ0) is 16.3. The molecule has 0 atom stereocenters. The third-order valence-corrected chi connectivity index (χ3v) is 4.59. The fourth-order valence-corrected chi connectivity index (χ4v) is 3.28. The van der Waals surface area contributed by atoms with E-state index in [4.69, 9.17) is 5.73 Å². The van der Waals surface area contributed by atoms with E-state index < -0.39 is 0 Å². The van der Waals surface area contributed by atoms with Crippen molar-refractivity contribution >= 4 is 18.3 Å². The fourth-order valence-electron chi connectivity index (χ4n) is 3.28. The largest absolute Gasteiger partial charge is 0.352 e. The van der Waals surface area contributed by atoms with Crippen LogP contribution in [0.4, 0.5) is 0 Å². The lowest BCUT2D eigenvalue weighted by Crippen LogP contribution is -2.44. The number of carbonyl (C=O) groups excluding carboxylic acids is 1. The molecule has 136 valence electrons. The smallest absolute Gasteiger partial charge is 0.234 e. The molecule has 2 rings (SSSR count). The lowest BCUT2D eigenvalue weighted by atomic mass is 10.1. The van der Waals surface area contributed by atoms with Crippen molar-refractivity contribution in [1.29, 1.82) is 0 Å². The van der Waals surface area contributed by atoms with E-state index in [0.29, 0.717) is 19.1 Å². The van der Waals surface area contributed by atoms with E-state index in [1.54, 1.807) is 0 Å². The molecule has 0 heterocycles. The van der Waals surface area contributed by atoms with E-state index >= 15 is 0 Å². The maximum atomic E-state index is 12.3. The summed E-state index contributed by atoms with van der Waals surface area (Å²) in [6.07, 6.45) is 8.32. The third-order valence-electron chi connectivity index (χ3n) is 4.59. The molecule has 24 heavy (non-hydrogen) atoms. The number of carbonyl (C=O) groups is 1. The van der Waals surface area contributed by atoms with Crippen LogP contribution in [0.2, 0.25) is 0 Å². The molecule has 0 radical (unpaired) electrons. The topological polar surface area (TPSA) is 58.4 Å². The SMILES string of the molecule is Cl.NCCN(CCc1ccccc1)CC(=O)NC1CCCCCC1. The molecule has 1 aromatic rings. The minimum Gasteiger partial charge on any atom is -0.352 e. The minimum atomic E-state index is 0. The predicted octanol–water partition coefficient (Wildman–Crippen LogP) is 2.75. The average Bonchev–Trinajstić information content (AvgIpc) is 2.82. The van der Waals surface area contributed by atoms with Crippen LogP contribution >= 0.6 is 12.4 Å². The number of nitrogens with zero attached hydrogens (tertiary/aromatic N) is 1. The Morgan fingerprint density at radius 2 is 1.75 bits per heavy atom. The summed E-state index contributed by atoms with van der Waals surface area (Å²) in [7, 11) is 0. The van der Waals surface area contributed by atoms with Crippen molar-refractivity contribution in [2.45, 2.75) is 51.0 Å². The number of hydrogen-bond donors (Lipinski definition) is 2. The van der Waals surface area contributed by atoms with Crippen LogP contribution < -0.4 is 11.1 Å². The third kappa shape index (κ3) is 8.13. The summed E-state index contributed by atoms with van der Waals surface area (Å²) in [5, 5.41) is 3.22. The van der Waals surface area contributed by atoms with Crippen molar-refractivity contribution in [3.05, 3.63) is 35.9 Å². The Labute approximate surface area is 152 Å². The highest BCUT2D eigenvalue weighted by Crippen LogP contribution is 2.17. The van der Waals surface area contributed by atoms with E-state index in [9.17, 15) is 4.79 Å². The van der Waals surface area contributed by atoms with Crippen molar-refractivity contribution in [1.82, 2.24) is 10.2 Å². The highest BCUT2D eigenvalue weighted by molar-refractivity contribution is 5.85. The molecule has 1 fully saturated rings. The van der Waals surface area contributed by atoms with E-state index in [1.165, 1.54) is 31.2 Å². The second kappa shape index (κ2) is 12.3. The summed E-state index contributed by atoms with van der Waals surface area (Å²) in [5.74, 6) is 0.151. The molecule has 0 aromatic heterocycles. The standard InChI is InChI=1S/C19H31N3O.ClH/c20-13-15-22(14-12-17-8-4-3-5-9-17)16-19(23)21-18-10-6-1-2-7-11-18;/h3-5,8-9,18H,1-2,6-7,10-16,20H2,(H,21,23);1H. The van der Waals surface area contributed by atoms with Crippen LogP contribution in [0.1, 0.15) is 44.1 Å². The van der Waals surface area contributed by atoms with Crippen molar-refractivity contribution in [3.63, 3.8) is 0 Å². The summed E-state index contributed by atoms with van der Waals surface area (Å²) in [6, 6.07) is 10.8. The van der Waals surface area contributed by atoms with E-state index in [2.05, 4.69) is 34.5 Å². The Bertz CT molecular complexity index is 447. The summed E-state index contributed by atoms with van der Waals surface area (Å²) < 4.78 is 0. The van der Waals surface area contributed by atoms with Crippen LogP contribution in [-0.4, -0.2) is 43.0 Å². The number of nitrogens with one attached hydrogen (secondary N) is 1. The number of amides is 1. The molecule has 5 heteroatoms. The van der Waals surface area contributed by atoms with Crippen LogP contribution in [0.15, 0.2) is 30.3 Å². The molecule has 1 aliphatic carbocycles. The van der Waals surface area contributed by atoms with Crippen molar-refractivity contribution in [2.24, 2.45) is 5.73 Å². The average molecular weight is 354 g/mol. The van der Waals surface area contributed by atoms with E-state index in [-0.39, 0.29) is 18.3 Å². The first-order valence-electron chi connectivity index (χ1n) is 9.03. The normalized spacial score (nSPS) is 15.6. The summed E-state index contributed by atoms with van der Waals surface area (Å²) >= 11 is 0. The second-order valence-corrected chi connectivity index (χ2v) is 6.56. The second-order valence-electron chi connectivity index (χ2n) is 6.56. The van der Waals surface area contributed by atoms with Crippen LogP contribution in [-0.2, 0) is 11.2 Å². The molecular formula is C19H32ClN3O. The van der Waals surface area contributed by atoms with Gasteiger partial charge in [0.2, 0.25) is 5.91 Å². The van der Waals surface area contributed by atoms with E-state index in [1.807, 2.05) is 6.07 Å². The molecule has 0 saturated heterocycles. The van der Waals surface area contributed by atoms with Crippen LogP contribution in [0.25, 0.3) is 0 Å². The molecule has 1 saturated carbocycles. The molecule has 1 aromatic carbocycles. The van der Waals surface area contributed by atoms with Crippen molar-refractivity contribution in [2.75, 3.05) is 26.2 Å². The van der Waals surface area contributed by atoms with Gasteiger partial charge in [-0.2, -0.15) is 0 Å². The molecular weight excluding hydrogens is 322 g/mol. The Kier molecular flexibility index (Phi) is 10.7. The molecule has 1 amide bonds. The van der Waals surface area contributed by atoms with Gasteiger partial charge in [-0.1, -0.05) is 56.0 Å². The van der Waals surface area contributed by atoms with Gasteiger partial charge >= 0.3 is 0 Å². The Morgan fingerprint density at radius 1 is 1.08 bits per heavy atom. The van der Waals surface area contributed by atoms with Gasteiger partial charge in [-0.15, -0.1) is 12.4 Å². The Morgan fingerprint density at radius 3 is 2.38 bits per heavy atom. The highest BCUT2D eigenvalue weighted by atomic mass is 35.5. The van der Waals surface area contributed by atoms with Crippen LogP contribution in [0.3, 0.4) is 0 Å². The van der Waals surface area contributed by atoms with Gasteiger partial charge in [0.05, 0.1) is 6.54 Å². The minimum absolute atomic E-state index is 0. The van der Waals surface area contributed by atoms with Gasteiger partial charge in [0.15, 0.2) is 0 Å². The van der Waals surface area contributed by atoms with Crippen molar-refractivity contribution < 1.29 is 4.79 Å². The molecule has 3 N–H and O–H groups in total. The first-order valence-corrected chi connectivity index (χ1v) is 9.03. The molecule has 0 bridgehead atoms. The Hall–Kier alpha value is -1.10. The van der Waals surface area contributed by atoms with E-state index in [0.717, 1.165) is 32.4 Å². The maximum Gasteiger partial charge on any atom is 0.234 e. The molecule has 1 aliphatic rings. The van der Waals surface area contributed by atoms with Gasteiger partial charge in [0, 0.05) is 25.7 Å². The maximum absolute atomic E-state index is 12.3. The number of rotatable bonds is 8. The summed E-state index contributed by atoms with van der Waals surface area (Å²) in [4.78, 5) is 14.5. The van der Waals surface area contributed by atoms with Crippen LogP contribution in [0, 0.1) is 0 Å². The first kappa shape index (κ1) is 20.9. The molecule has 0 unspecified atom stereocenters. The number of halogens is 1. The first-order chi connectivity index (χ1) is 11.3. The zero-order valence-corrected chi connectivity index (χ0v) is 15.4. The van der Waals surface area contributed by atoms with Gasteiger partial charge in [0.25, 0.3) is 0 Å². The van der Waals surface area contributed by atoms with Crippen LogP contribution in [0.5, 0.6) is 0 Å². The highest BCUT2D eigenvalue weighted by Gasteiger charge is 2.16. The number of benzene rings is 1. The monoisotopic (exact) mass is 353 g/mol. The zero-order valence-electron chi connectivity index (χ0n) is 14.6. The van der Waals surface area contributed by atoms with Gasteiger partial charge in [-0.05, 0) is 24.8 Å². The van der Waals surface area contributed by atoms with Gasteiger partial charge in [0.1, 0.15) is 0 Å². The lowest BCUT2D eigenvalue weighted by molar-refractivity contribution is -0.123. The predicted molar refractivity (Wildman–Crippen MR) is 103 cm³/mol. The summed E-state index contributed by atoms with van der Waals surface area (Å²) in [5.41, 5.74) is 7.01. The molecule has 4 nitrogen and oxygen atoms in total. The number of hydrogen-bond acceptors (Lipinski definition) is 3. The van der Waals surface area contributed by atoms with Crippen molar-refractivity contribution in [3.8, 4) is 0 Å². The van der Waals surface area contributed by atoms with Gasteiger partial charge < -0.3 is 11.1 Å². The Balaban J connectivity index is 0.00000288. The van der Waals surface area contributed by atoms with Gasteiger partial charge in [-0.3, -0.25) is 9.69 Å². The van der Waals surface area contributed by atoms with Gasteiger partial charge in [-0.25, -0.2) is 0 Å². The number of nitrogens with two attached hydrogens (primary N) is 1. The molecule has 0 spiro atoms. The fraction of sp³-hybridized carbons (Fsp3) is 0.632. The molecule has 0 aliphatic heterocycles.